The third-order valence-electron chi connectivity index (χ3n) is 9.24. The lowest BCUT2D eigenvalue weighted by atomic mass is 9.43. The molecule has 6 aliphatic rings. The van der Waals surface area contributed by atoms with Crippen LogP contribution in [0.1, 0.15) is 83.1 Å². The number of thioether (sulfide) groups is 1. The summed E-state index contributed by atoms with van der Waals surface area (Å²) in [6.45, 7) is 13.4. The smallest absolute Gasteiger partial charge is 0.451 e. The van der Waals surface area contributed by atoms with Gasteiger partial charge in [0.15, 0.2) is 0 Å². The van der Waals surface area contributed by atoms with Gasteiger partial charge in [0.25, 0.3) is 0 Å². The average molecular weight is 512 g/mol. The standard InChI is InChI=1S/C28H37BO6S/c1-16(19-8-7-13-31-19)36-20-10-9-17(24-23(20)25(30)33-27(4,5)32-24)11-12-29-34-22-15-18-14-21(26(18,2)3)28(22,6)35-29/h9-12,16,18-19,21-22H,7-8,13-15H2,1-6H3/b12-11+/t16?,18?,19-,21?,22+,28-/m0/s1. The normalized spacial score (nSPS) is 36.6. The maximum absolute atomic E-state index is 13.1. The van der Waals surface area contributed by atoms with Crippen LogP contribution >= 0.6 is 11.8 Å². The number of hydrogen-bond acceptors (Lipinski definition) is 7. The Labute approximate surface area is 218 Å². The molecule has 2 saturated heterocycles. The molecule has 6 nitrogen and oxygen atoms in total. The first kappa shape index (κ1) is 24.8. The van der Waals surface area contributed by atoms with Crippen LogP contribution in [0.2, 0.25) is 0 Å². The van der Waals surface area contributed by atoms with E-state index in [0.29, 0.717) is 28.6 Å². The number of benzene rings is 1. The van der Waals surface area contributed by atoms with Crippen molar-refractivity contribution in [3.05, 3.63) is 29.2 Å². The van der Waals surface area contributed by atoms with Crippen LogP contribution in [0.4, 0.5) is 0 Å². The summed E-state index contributed by atoms with van der Waals surface area (Å²) in [6.07, 6.45) is 6.69. The predicted octanol–water partition coefficient (Wildman–Crippen LogP) is 5.91. The van der Waals surface area contributed by atoms with E-state index < -0.39 is 12.9 Å². The average Bonchev–Trinajstić information content (AvgIpc) is 3.44. The first-order chi connectivity index (χ1) is 17.0. The van der Waals surface area contributed by atoms with Gasteiger partial charge >= 0.3 is 13.1 Å². The highest BCUT2D eigenvalue weighted by molar-refractivity contribution is 8.00. The summed E-state index contributed by atoms with van der Waals surface area (Å²) in [5.74, 6) is 2.35. The molecule has 6 atom stereocenters. The van der Waals surface area contributed by atoms with Crippen molar-refractivity contribution in [2.45, 2.75) is 101 Å². The Morgan fingerprint density at radius 3 is 2.67 bits per heavy atom. The van der Waals surface area contributed by atoms with E-state index in [1.165, 1.54) is 6.42 Å². The molecule has 2 bridgehead atoms. The predicted molar refractivity (Wildman–Crippen MR) is 140 cm³/mol. The number of carbonyl (C=O) groups excluding carboxylic acids is 1. The number of rotatable bonds is 5. The van der Waals surface area contributed by atoms with E-state index in [4.69, 9.17) is 23.5 Å². The molecule has 3 unspecified atom stereocenters. The Morgan fingerprint density at radius 1 is 1.14 bits per heavy atom. The fraction of sp³-hybridized carbons (Fsp3) is 0.679. The highest BCUT2D eigenvalue weighted by atomic mass is 32.2. The molecule has 5 fully saturated rings. The second-order valence-corrected chi connectivity index (χ2v) is 13.7. The molecular weight excluding hydrogens is 475 g/mol. The van der Waals surface area contributed by atoms with Crippen molar-refractivity contribution in [3.63, 3.8) is 0 Å². The van der Waals surface area contributed by atoms with E-state index in [9.17, 15) is 4.79 Å². The van der Waals surface area contributed by atoms with Crippen molar-refractivity contribution in [2.24, 2.45) is 17.3 Å². The summed E-state index contributed by atoms with van der Waals surface area (Å²) in [5, 5.41) is 0.223. The van der Waals surface area contributed by atoms with Gasteiger partial charge in [-0.1, -0.05) is 38.9 Å². The van der Waals surface area contributed by atoms with Crippen LogP contribution in [0.3, 0.4) is 0 Å². The van der Waals surface area contributed by atoms with Gasteiger partial charge in [-0.15, -0.1) is 11.8 Å². The van der Waals surface area contributed by atoms with Crippen molar-refractivity contribution in [3.8, 4) is 5.75 Å². The van der Waals surface area contributed by atoms with Crippen LogP contribution in [-0.4, -0.2) is 48.5 Å². The highest BCUT2D eigenvalue weighted by Gasteiger charge is 2.67. The lowest BCUT2D eigenvalue weighted by Gasteiger charge is -2.64. The van der Waals surface area contributed by atoms with Crippen LogP contribution in [0.25, 0.3) is 6.08 Å². The fourth-order valence-corrected chi connectivity index (χ4v) is 8.27. The molecule has 3 aliphatic carbocycles. The quantitative estimate of drug-likeness (QED) is 0.276. The molecule has 3 heterocycles. The third-order valence-corrected chi connectivity index (χ3v) is 10.5. The first-order valence-electron chi connectivity index (χ1n) is 13.4. The zero-order chi connectivity index (χ0) is 25.5. The van der Waals surface area contributed by atoms with Gasteiger partial charge < -0.3 is 23.5 Å². The second kappa shape index (κ2) is 8.52. The Balaban J connectivity index is 1.26. The molecule has 0 spiro atoms. The number of cyclic esters (lactones) is 1. The molecule has 0 N–H and O–H groups in total. The van der Waals surface area contributed by atoms with Gasteiger partial charge in [0.2, 0.25) is 5.79 Å². The Kier molecular flexibility index (Phi) is 5.88. The molecular formula is C28H37BO6S. The number of ether oxygens (including phenoxy) is 3. The van der Waals surface area contributed by atoms with E-state index in [2.05, 4.69) is 27.7 Å². The van der Waals surface area contributed by atoms with Crippen molar-refractivity contribution < 1.29 is 28.3 Å². The van der Waals surface area contributed by atoms with Gasteiger partial charge in [-0.2, -0.15) is 0 Å². The molecule has 194 valence electrons. The van der Waals surface area contributed by atoms with Crippen LogP contribution in [0.5, 0.6) is 5.75 Å². The first-order valence-corrected chi connectivity index (χ1v) is 14.2. The van der Waals surface area contributed by atoms with Crippen LogP contribution in [0, 0.1) is 17.3 Å². The van der Waals surface area contributed by atoms with Gasteiger partial charge in [-0.25, -0.2) is 4.79 Å². The lowest BCUT2D eigenvalue weighted by Crippen LogP contribution is -2.65. The molecule has 1 aromatic rings. The van der Waals surface area contributed by atoms with E-state index in [1.807, 2.05) is 24.2 Å². The molecule has 0 radical (unpaired) electrons. The number of hydrogen-bond donors (Lipinski definition) is 0. The molecule has 0 amide bonds. The van der Waals surface area contributed by atoms with Crippen LogP contribution in [-0.2, 0) is 18.8 Å². The second-order valence-electron chi connectivity index (χ2n) is 12.3. The summed E-state index contributed by atoms with van der Waals surface area (Å²) in [7, 11) is -0.414. The molecule has 3 saturated carbocycles. The molecule has 3 aliphatic heterocycles. The number of carbonyl (C=O) groups is 1. The zero-order valence-corrected chi connectivity index (χ0v) is 23.0. The summed E-state index contributed by atoms with van der Waals surface area (Å²) in [6, 6.07) is 4.00. The topological polar surface area (TPSA) is 63.2 Å². The van der Waals surface area contributed by atoms with E-state index in [1.54, 1.807) is 25.6 Å². The monoisotopic (exact) mass is 512 g/mol. The van der Waals surface area contributed by atoms with Crippen molar-refractivity contribution in [1.29, 1.82) is 0 Å². The lowest BCUT2D eigenvalue weighted by molar-refractivity contribution is -0.199. The minimum absolute atomic E-state index is 0.126. The van der Waals surface area contributed by atoms with E-state index in [0.717, 1.165) is 36.3 Å². The summed E-state index contributed by atoms with van der Waals surface area (Å²) in [5.41, 5.74) is 1.36. The van der Waals surface area contributed by atoms with Crippen molar-refractivity contribution in [1.82, 2.24) is 0 Å². The fourth-order valence-electron chi connectivity index (χ4n) is 7.06. The summed E-state index contributed by atoms with van der Waals surface area (Å²) >= 11 is 1.65. The van der Waals surface area contributed by atoms with Gasteiger partial charge in [-0.3, -0.25) is 0 Å². The highest BCUT2D eigenvalue weighted by Crippen LogP contribution is 2.65. The SMILES string of the molecule is CC(Sc1ccc(/C=C/B2O[C@@H]3CC4CC(C4(C)C)[C@]3(C)O2)c2c1C(=O)OC(C)(C)O2)[C@@H]1CCCO1. The minimum Gasteiger partial charge on any atom is -0.451 e. The van der Waals surface area contributed by atoms with Gasteiger partial charge in [0.1, 0.15) is 11.3 Å². The number of fused-ring (bicyclic) bond motifs is 1. The maximum Gasteiger partial charge on any atom is 0.486 e. The van der Waals surface area contributed by atoms with Crippen molar-refractivity contribution >= 4 is 30.9 Å². The van der Waals surface area contributed by atoms with Gasteiger partial charge in [0.05, 0.1) is 17.8 Å². The number of esters is 1. The van der Waals surface area contributed by atoms with E-state index in [-0.39, 0.29) is 29.0 Å². The molecule has 36 heavy (non-hydrogen) atoms. The summed E-state index contributed by atoms with van der Waals surface area (Å²) < 4.78 is 30.6. The molecule has 8 heteroatoms. The molecule has 7 rings (SSSR count). The molecule has 1 aromatic carbocycles. The Hall–Kier alpha value is -1.48. The largest absolute Gasteiger partial charge is 0.486 e. The summed E-state index contributed by atoms with van der Waals surface area (Å²) in [4.78, 5) is 14.0. The Morgan fingerprint density at radius 2 is 1.94 bits per heavy atom. The zero-order valence-electron chi connectivity index (χ0n) is 22.2. The minimum atomic E-state index is -1.04. The van der Waals surface area contributed by atoms with E-state index >= 15 is 0 Å². The Bertz CT molecular complexity index is 1100. The third kappa shape index (κ3) is 3.94. The molecule has 0 aromatic heterocycles. The maximum atomic E-state index is 13.1. The van der Waals surface area contributed by atoms with Gasteiger partial charge in [-0.05, 0) is 55.9 Å². The van der Waals surface area contributed by atoms with Crippen molar-refractivity contribution in [2.75, 3.05) is 6.61 Å². The van der Waals surface area contributed by atoms with Gasteiger partial charge in [0, 0.05) is 36.2 Å². The van der Waals surface area contributed by atoms with Crippen LogP contribution in [0.15, 0.2) is 23.0 Å². The van der Waals surface area contributed by atoms with Crippen LogP contribution < -0.4 is 4.74 Å².